The second-order valence-electron chi connectivity index (χ2n) is 7.70. The van der Waals surface area contributed by atoms with Gasteiger partial charge >= 0.3 is 0 Å². The van der Waals surface area contributed by atoms with Gasteiger partial charge in [-0.3, -0.25) is 4.90 Å². The van der Waals surface area contributed by atoms with E-state index in [4.69, 9.17) is 30.8 Å². The van der Waals surface area contributed by atoms with Crippen LogP contribution in [0.3, 0.4) is 0 Å². The summed E-state index contributed by atoms with van der Waals surface area (Å²) >= 11 is 6.71. The molecule has 1 fully saturated rings. The highest BCUT2D eigenvalue weighted by Crippen LogP contribution is 2.36. The van der Waals surface area contributed by atoms with E-state index >= 15 is 0 Å². The van der Waals surface area contributed by atoms with Gasteiger partial charge in [0.1, 0.15) is 28.9 Å². The normalized spacial score (nSPS) is 14.9. The Morgan fingerprint density at radius 2 is 2.00 bits per heavy atom. The number of nitrogens with one attached hydrogen (secondary N) is 1. The SMILES string of the molecule is COc1cc(-n2ccc(NC(C)C)n2)nc2c(Cl)c(OCCN3CCOCC3)ccc12. The van der Waals surface area contributed by atoms with Gasteiger partial charge in [-0.2, -0.15) is 0 Å². The Bertz CT molecular complexity index is 1030. The Balaban J connectivity index is 1.59. The molecule has 3 heterocycles. The summed E-state index contributed by atoms with van der Waals surface area (Å²) in [7, 11) is 1.63. The van der Waals surface area contributed by atoms with Gasteiger partial charge in [-0.05, 0) is 26.0 Å². The van der Waals surface area contributed by atoms with Crippen molar-refractivity contribution in [3.05, 3.63) is 35.5 Å². The van der Waals surface area contributed by atoms with Crippen molar-refractivity contribution in [3.8, 4) is 17.3 Å². The van der Waals surface area contributed by atoms with Crippen LogP contribution in [0.1, 0.15) is 13.8 Å². The number of methoxy groups -OCH3 is 1. The summed E-state index contributed by atoms with van der Waals surface area (Å²) in [5.41, 5.74) is 0.619. The number of morpholine rings is 1. The Labute approximate surface area is 187 Å². The van der Waals surface area contributed by atoms with Gasteiger partial charge < -0.3 is 19.5 Å². The molecular formula is C22H28ClN5O3. The quantitative estimate of drug-likeness (QED) is 0.567. The van der Waals surface area contributed by atoms with Crippen molar-refractivity contribution >= 4 is 28.3 Å². The first-order chi connectivity index (χ1) is 15.0. The molecule has 1 aliphatic heterocycles. The van der Waals surface area contributed by atoms with Crippen molar-refractivity contribution < 1.29 is 14.2 Å². The monoisotopic (exact) mass is 445 g/mol. The number of ether oxygens (including phenoxy) is 3. The number of pyridine rings is 1. The molecule has 1 aliphatic rings. The summed E-state index contributed by atoms with van der Waals surface area (Å²) in [6, 6.07) is 7.84. The van der Waals surface area contributed by atoms with E-state index in [2.05, 4.69) is 29.2 Å². The predicted molar refractivity (Wildman–Crippen MR) is 122 cm³/mol. The van der Waals surface area contributed by atoms with Crippen LogP contribution in [0.5, 0.6) is 11.5 Å². The molecule has 0 atom stereocenters. The molecular weight excluding hydrogens is 418 g/mol. The van der Waals surface area contributed by atoms with Crippen LogP contribution in [0.15, 0.2) is 30.5 Å². The number of rotatable bonds is 8. The van der Waals surface area contributed by atoms with Gasteiger partial charge in [0.05, 0.1) is 25.8 Å². The Hall–Kier alpha value is -2.55. The number of hydrogen-bond donors (Lipinski definition) is 1. The average molecular weight is 446 g/mol. The predicted octanol–water partition coefficient (Wildman–Crippen LogP) is 3.61. The molecule has 0 radical (unpaired) electrons. The van der Waals surface area contributed by atoms with Crippen LogP contribution in [0.4, 0.5) is 5.82 Å². The van der Waals surface area contributed by atoms with Crippen molar-refractivity contribution in [1.82, 2.24) is 19.7 Å². The molecule has 166 valence electrons. The van der Waals surface area contributed by atoms with Crippen molar-refractivity contribution in [2.45, 2.75) is 19.9 Å². The van der Waals surface area contributed by atoms with Crippen LogP contribution in [0.25, 0.3) is 16.7 Å². The minimum atomic E-state index is 0.286. The van der Waals surface area contributed by atoms with Crippen molar-refractivity contribution in [1.29, 1.82) is 0 Å². The van der Waals surface area contributed by atoms with E-state index < -0.39 is 0 Å². The zero-order valence-electron chi connectivity index (χ0n) is 18.1. The molecule has 0 unspecified atom stereocenters. The molecule has 2 aromatic heterocycles. The van der Waals surface area contributed by atoms with E-state index in [9.17, 15) is 0 Å². The van der Waals surface area contributed by atoms with Crippen LogP contribution < -0.4 is 14.8 Å². The lowest BCUT2D eigenvalue weighted by Crippen LogP contribution is -2.38. The maximum Gasteiger partial charge on any atom is 0.157 e. The standard InChI is InChI=1S/C22H28ClN5O3/c1-15(2)24-19-6-7-28(26-19)20-14-18(29-3)16-4-5-17(21(23)22(16)25-20)31-13-10-27-8-11-30-12-9-27/h4-7,14-15H,8-13H2,1-3H3,(H,24,26). The number of halogens is 1. The highest BCUT2D eigenvalue weighted by Gasteiger charge is 2.16. The van der Waals surface area contributed by atoms with Crippen LogP contribution in [0.2, 0.25) is 5.02 Å². The van der Waals surface area contributed by atoms with Gasteiger partial charge in [0.2, 0.25) is 0 Å². The number of hydrogen-bond acceptors (Lipinski definition) is 7. The molecule has 3 aromatic rings. The second kappa shape index (κ2) is 9.72. The topological polar surface area (TPSA) is 73.7 Å². The summed E-state index contributed by atoms with van der Waals surface area (Å²) in [6.07, 6.45) is 1.86. The lowest BCUT2D eigenvalue weighted by molar-refractivity contribution is 0.0322. The van der Waals surface area contributed by atoms with Crippen LogP contribution in [-0.4, -0.2) is 72.3 Å². The number of nitrogens with zero attached hydrogens (tertiary/aromatic N) is 4. The molecule has 0 bridgehead atoms. The van der Waals surface area contributed by atoms with Crippen molar-refractivity contribution in [2.75, 3.05) is 51.9 Å². The fraction of sp³-hybridized carbons (Fsp3) is 0.455. The van der Waals surface area contributed by atoms with Gasteiger partial charge in [0, 0.05) is 49.4 Å². The zero-order valence-corrected chi connectivity index (χ0v) is 18.9. The third-order valence-corrected chi connectivity index (χ3v) is 5.45. The Kier molecular flexibility index (Phi) is 6.80. The van der Waals surface area contributed by atoms with Gasteiger partial charge in [0.15, 0.2) is 5.82 Å². The Morgan fingerprint density at radius 3 is 2.74 bits per heavy atom. The maximum absolute atomic E-state index is 6.71. The molecule has 1 N–H and O–H groups in total. The molecule has 0 saturated carbocycles. The van der Waals surface area contributed by atoms with Crippen LogP contribution in [0, 0.1) is 0 Å². The number of anilines is 1. The van der Waals surface area contributed by atoms with E-state index in [-0.39, 0.29) is 6.04 Å². The van der Waals surface area contributed by atoms with Gasteiger partial charge in [-0.1, -0.05) is 11.6 Å². The van der Waals surface area contributed by atoms with E-state index in [0.29, 0.717) is 34.5 Å². The molecule has 1 saturated heterocycles. The van der Waals surface area contributed by atoms with Gasteiger partial charge in [0.25, 0.3) is 0 Å². The molecule has 9 heteroatoms. The molecule has 0 aliphatic carbocycles. The molecule has 8 nitrogen and oxygen atoms in total. The summed E-state index contributed by atoms with van der Waals surface area (Å²) < 4.78 is 18.7. The number of benzene rings is 1. The molecule has 31 heavy (non-hydrogen) atoms. The average Bonchev–Trinajstić information content (AvgIpc) is 3.23. The molecule has 4 rings (SSSR count). The molecule has 1 aromatic carbocycles. The van der Waals surface area contributed by atoms with E-state index in [1.54, 1.807) is 11.8 Å². The molecule has 0 spiro atoms. The van der Waals surface area contributed by atoms with Crippen molar-refractivity contribution in [2.24, 2.45) is 0 Å². The minimum Gasteiger partial charge on any atom is -0.496 e. The van der Waals surface area contributed by atoms with E-state index in [1.165, 1.54) is 0 Å². The summed E-state index contributed by atoms with van der Waals surface area (Å²) in [5.74, 6) is 2.68. The largest absolute Gasteiger partial charge is 0.496 e. The Morgan fingerprint density at radius 1 is 1.19 bits per heavy atom. The first-order valence-electron chi connectivity index (χ1n) is 10.5. The van der Waals surface area contributed by atoms with Crippen LogP contribution in [-0.2, 0) is 4.74 Å². The fourth-order valence-electron chi connectivity index (χ4n) is 3.53. The first-order valence-corrected chi connectivity index (χ1v) is 10.9. The third-order valence-electron chi connectivity index (χ3n) is 5.08. The van der Waals surface area contributed by atoms with Gasteiger partial charge in [-0.25, -0.2) is 9.67 Å². The van der Waals surface area contributed by atoms with Gasteiger partial charge in [-0.15, -0.1) is 5.10 Å². The van der Waals surface area contributed by atoms with E-state index in [0.717, 1.165) is 44.1 Å². The van der Waals surface area contributed by atoms with Crippen molar-refractivity contribution in [3.63, 3.8) is 0 Å². The zero-order chi connectivity index (χ0) is 21.8. The second-order valence-corrected chi connectivity index (χ2v) is 8.08. The fourth-order valence-corrected chi connectivity index (χ4v) is 3.79. The highest BCUT2D eigenvalue weighted by atomic mass is 35.5. The summed E-state index contributed by atoms with van der Waals surface area (Å²) in [5, 5.41) is 9.12. The first kappa shape index (κ1) is 21.7. The number of aromatic nitrogens is 3. The maximum atomic E-state index is 6.71. The summed E-state index contributed by atoms with van der Waals surface area (Å²) in [4.78, 5) is 7.08. The number of fused-ring (bicyclic) bond motifs is 1. The molecule has 0 amide bonds. The summed E-state index contributed by atoms with van der Waals surface area (Å²) in [6.45, 7) is 8.89. The minimum absolute atomic E-state index is 0.286. The third kappa shape index (κ3) is 5.03. The van der Waals surface area contributed by atoms with E-state index in [1.807, 2.05) is 30.5 Å². The lowest BCUT2D eigenvalue weighted by atomic mass is 10.2. The highest BCUT2D eigenvalue weighted by molar-refractivity contribution is 6.36. The smallest absolute Gasteiger partial charge is 0.157 e. The van der Waals surface area contributed by atoms with Crippen LogP contribution >= 0.6 is 11.6 Å². The lowest BCUT2D eigenvalue weighted by Gasteiger charge is -2.26.